The molecule has 4 rings (SSSR count). The Labute approximate surface area is 198 Å². The van der Waals surface area contributed by atoms with Gasteiger partial charge in [0.25, 0.3) is 5.91 Å². The lowest BCUT2D eigenvalue weighted by Gasteiger charge is -2.34. The summed E-state index contributed by atoms with van der Waals surface area (Å²) in [5.74, 6) is -0.525. The number of amides is 1. The Balaban J connectivity index is 1.53. The molecule has 1 aliphatic heterocycles. The number of nitrogens with zero attached hydrogens (tertiary/aromatic N) is 5. The van der Waals surface area contributed by atoms with Crippen LogP contribution in [0.15, 0.2) is 59.9 Å². The van der Waals surface area contributed by atoms with Crippen molar-refractivity contribution in [2.45, 2.75) is 23.8 Å². The van der Waals surface area contributed by atoms with Gasteiger partial charge in [0.2, 0.25) is 10.0 Å². The van der Waals surface area contributed by atoms with Crippen molar-refractivity contribution in [3.05, 3.63) is 60.7 Å². The molecule has 3 aromatic rings. The molecular formula is C23H27N7O3S. The molecule has 1 saturated heterocycles. The number of likely N-dealkylation sites (tertiary alicyclic amines) is 1. The van der Waals surface area contributed by atoms with Crippen LogP contribution in [0, 0.1) is 0 Å². The van der Waals surface area contributed by atoms with Gasteiger partial charge < -0.3 is 16.0 Å². The van der Waals surface area contributed by atoms with Crippen LogP contribution in [0.25, 0.3) is 11.3 Å². The van der Waals surface area contributed by atoms with Crippen molar-refractivity contribution >= 4 is 27.4 Å². The Bertz CT molecular complexity index is 1260. The van der Waals surface area contributed by atoms with Crippen LogP contribution in [0.5, 0.6) is 0 Å². The van der Waals surface area contributed by atoms with E-state index in [9.17, 15) is 13.2 Å². The van der Waals surface area contributed by atoms with E-state index in [1.807, 2.05) is 7.05 Å². The Kier molecular flexibility index (Phi) is 6.87. The van der Waals surface area contributed by atoms with Gasteiger partial charge in [0, 0.05) is 24.8 Å². The number of pyridine rings is 1. The molecule has 0 saturated carbocycles. The minimum Gasteiger partial charge on any atom is -0.382 e. The van der Waals surface area contributed by atoms with Gasteiger partial charge in [-0.3, -0.25) is 9.78 Å². The van der Waals surface area contributed by atoms with E-state index < -0.39 is 15.9 Å². The fourth-order valence-electron chi connectivity index (χ4n) is 3.85. The maximum absolute atomic E-state index is 13.1. The number of carbonyl (C=O) groups is 1. The Hall–Kier alpha value is -3.41. The first kappa shape index (κ1) is 23.7. The van der Waals surface area contributed by atoms with Crippen LogP contribution in [0.1, 0.15) is 23.3 Å². The van der Waals surface area contributed by atoms with Gasteiger partial charge in [-0.1, -0.05) is 12.1 Å². The Morgan fingerprint density at radius 2 is 1.85 bits per heavy atom. The molecule has 0 bridgehead atoms. The fourth-order valence-corrected chi connectivity index (χ4v) is 5.27. The van der Waals surface area contributed by atoms with Crippen molar-refractivity contribution in [1.29, 1.82) is 0 Å². The van der Waals surface area contributed by atoms with E-state index in [0.717, 1.165) is 25.9 Å². The smallest absolute Gasteiger partial charge is 0.278 e. The van der Waals surface area contributed by atoms with Crippen LogP contribution in [-0.2, 0) is 10.0 Å². The van der Waals surface area contributed by atoms with Gasteiger partial charge in [-0.2, -0.15) is 4.31 Å². The van der Waals surface area contributed by atoms with E-state index >= 15 is 0 Å². The number of rotatable bonds is 6. The minimum atomic E-state index is -3.63. The number of nitrogens with one attached hydrogen (secondary N) is 1. The van der Waals surface area contributed by atoms with Crippen LogP contribution in [0.2, 0.25) is 0 Å². The van der Waals surface area contributed by atoms with Gasteiger partial charge in [0.1, 0.15) is 0 Å². The number of sulfonamides is 1. The van der Waals surface area contributed by atoms with Crippen molar-refractivity contribution < 1.29 is 13.2 Å². The molecule has 2 aromatic heterocycles. The SMILES string of the molecule is CN1CCC(N(C)S(=O)(=O)c2ccc(-c3cnc(N)c(C(=O)Nc4cccnc4)n3)cc2)CC1. The first-order valence-electron chi connectivity index (χ1n) is 10.9. The number of hydrogen-bond donors (Lipinski definition) is 2. The van der Waals surface area contributed by atoms with Crippen molar-refractivity contribution in [3.63, 3.8) is 0 Å². The predicted molar refractivity (Wildman–Crippen MR) is 130 cm³/mol. The summed E-state index contributed by atoms with van der Waals surface area (Å²) in [6, 6.07) is 9.76. The quantitative estimate of drug-likeness (QED) is 0.547. The van der Waals surface area contributed by atoms with Crippen LogP contribution in [-0.4, -0.2) is 71.7 Å². The molecule has 1 aromatic carbocycles. The Morgan fingerprint density at radius 1 is 1.15 bits per heavy atom. The van der Waals surface area contributed by atoms with E-state index in [1.54, 1.807) is 49.6 Å². The number of piperidine rings is 1. The molecule has 1 fully saturated rings. The molecule has 0 aliphatic carbocycles. The summed E-state index contributed by atoms with van der Waals surface area (Å²) in [4.78, 5) is 27.5. The summed E-state index contributed by atoms with van der Waals surface area (Å²) in [6.45, 7) is 1.74. The van der Waals surface area contributed by atoms with Crippen molar-refractivity contribution in [2.24, 2.45) is 0 Å². The molecule has 1 aliphatic rings. The molecule has 3 N–H and O–H groups in total. The molecule has 0 atom stereocenters. The average Bonchev–Trinajstić information content (AvgIpc) is 2.85. The van der Waals surface area contributed by atoms with Crippen LogP contribution in [0.4, 0.5) is 11.5 Å². The number of carbonyl (C=O) groups excluding carboxylic acids is 1. The number of aromatic nitrogens is 3. The summed E-state index contributed by atoms with van der Waals surface area (Å²) in [6.07, 6.45) is 6.15. The lowest BCUT2D eigenvalue weighted by molar-refractivity contribution is 0.102. The first-order chi connectivity index (χ1) is 16.3. The van der Waals surface area contributed by atoms with Gasteiger partial charge in [-0.05, 0) is 57.2 Å². The highest BCUT2D eigenvalue weighted by Crippen LogP contribution is 2.25. The average molecular weight is 482 g/mol. The molecule has 0 radical (unpaired) electrons. The third-order valence-electron chi connectivity index (χ3n) is 5.96. The first-order valence-corrected chi connectivity index (χ1v) is 12.3. The minimum absolute atomic E-state index is 0.0101. The normalized spacial score (nSPS) is 15.4. The topological polar surface area (TPSA) is 134 Å². The second-order valence-electron chi connectivity index (χ2n) is 8.26. The summed E-state index contributed by atoms with van der Waals surface area (Å²) < 4.78 is 27.7. The Morgan fingerprint density at radius 3 is 2.50 bits per heavy atom. The van der Waals surface area contributed by atoms with E-state index in [0.29, 0.717) is 16.9 Å². The zero-order valence-corrected chi connectivity index (χ0v) is 19.9. The lowest BCUT2D eigenvalue weighted by atomic mass is 10.1. The molecule has 11 heteroatoms. The second kappa shape index (κ2) is 9.84. The summed E-state index contributed by atoms with van der Waals surface area (Å²) in [5.41, 5.74) is 7.37. The summed E-state index contributed by atoms with van der Waals surface area (Å²) in [7, 11) is 0.0467. The molecule has 3 heterocycles. The maximum atomic E-state index is 13.1. The summed E-state index contributed by atoms with van der Waals surface area (Å²) in [5, 5.41) is 2.68. The maximum Gasteiger partial charge on any atom is 0.278 e. The molecule has 0 unspecified atom stereocenters. The zero-order chi connectivity index (χ0) is 24.3. The van der Waals surface area contributed by atoms with Gasteiger partial charge in [0.15, 0.2) is 11.5 Å². The predicted octanol–water partition coefficient (Wildman–Crippen LogP) is 2.09. The van der Waals surface area contributed by atoms with Gasteiger partial charge >= 0.3 is 0 Å². The van der Waals surface area contributed by atoms with Gasteiger partial charge in [-0.15, -0.1) is 0 Å². The lowest BCUT2D eigenvalue weighted by Crippen LogP contribution is -2.44. The zero-order valence-electron chi connectivity index (χ0n) is 19.0. The van der Waals surface area contributed by atoms with Crippen LogP contribution < -0.4 is 11.1 Å². The highest BCUT2D eigenvalue weighted by Gasteiger charge is 2.30. The fraction of sp³-hybridized carbons (Fsp3) is 0.304. The molecular weight excluding hydrogens is 454 g/mol. The van der Waals surface area contributed by atoms with Crippen LogP contribution in [0.3, 0.4) is 0 Å². The number of nitrogen functional groups attached to an aromatic ring is 1. The highest BCUT2D eigenvalue weighted by atomic mass is 32.2. The van der Waals surface area contributed by atoms with Crippen molar-refractivity contribution in [1.82, 2.24) is 24.2 Å². The van der Waals surface area contributed by atoms with Crippen LogP contribution >= 0.6 is 0 Å². The van der Waals surface area contributed by atoms with Crippen molar-refractivity contribution in [3.8, 4) is 11.3 Å². The molecule has 34 heavy (non-hydrogen) atoms. The van der Waals surface area contributed by atoms with E-state index in [2.05, 4.69) is 25.2 Å². The largest absolute Gasteiger partial charge is 0.382 e. The second-order valence-corrected chi connectivity index (χ2v) is 10.3. The van der Waals surface area contributed by atoms with E-state index in [4.69, 9.17) is 5.73 Å². The van der Waals surface area contributed by atoms with Crippen molar-refractivity contribution in [2.75, 3.05) is 38.2 Å². The molecule has 10 nitrogen and oxygen atoms in total. The highest BCUT2D eigenvalue weighted by molar-refractivity contribution is 7.89. The van der Waals surface area contributed by atoms with E-state index in [1.165, 1.54) is 16.7 Å². The third kappa shape index (κ3) is 5.06. The summed E-state index contributed by atoms with van der Waals surface area (Å²) >= 11 is 0. The molecule has 178 valence electrons. The van der Waals surface area contributed by atoms with E-state index in [-0.39, 0.29) is 22.4 Å². The number of nitrogens with two attached hydrogens (primary N) is 1. The van der Waals surface area contributed by atoms with Gasteiger partial charge in [0.05, 0.1) is 28.7 Å². The third-order valence-corrected chi connectivity index (χ3v) is 7.89. The number of benzene rings is 1. The number of hydrogen-bond acceptors (Lipinski definition) is 8. The monoisotopic (exact) mass is 481 g/mol. The molecule has 0 spiro atoms. The molecule has 1 amide bonds. The van der Waals surface area contributed by atoms with Gasteiger partial charge in [-0.25, -0.2) is 18.4 Å². The standard InChI is InChI=1S/C23H27N7O3S/c1-29-12-9-18(10-13-29)30(2)34(32,33)19-7-5-16(6-8-19)20-15-26-22(24)21(28-20)23(31)27-17-4-3-11-25-14-17/h3-8,11,14-15,18H,9-10,12-13H2,1-2H3,(H2,24,26)(H,27,31). The number of anilines is 2.